The van der Waals surface area contributed by atoms with Gasteiger partial charge in [0.05, 0.1) is 158 Å². The monoisotopic (exact) mass is 1440 g/mol. The van der Waals surface area contributed by atoms with E-state index in [1.54, 1.807) is 4.90 Å². The van der Waals surface area contributed by atoms with E-state index in [-0.39, 0.29) is 196 Å². The molecule has 0 radical (unpaired) electrons. The second-order valence-corrected chi connectivity index (χ2v) is 24.0. The van der Waals surface area contributed by atoms with Crippen molar-refractivity contribution in [2.45, 2.75) is 111 Å². The third kappa shape index (κ3) is 38.4. The summed E-state index contributed by atoms with van der Waals surface area (Å²) in [5, 5.41) is 98.8. The summed E-state index contributed by atoms with van der Waals surface area (Å²) in [6, 6.07) is 0. The van der Waals surface area contributed by atoms with Gasteiger partial charge in [0.15, 0.2) is 18.9 Å². The van der Waals surface area contributed by atoms with E-state index in [4.69, 9.17) is 100 Å². The molecule has 15 unspecified atom stereocenters. The van der Waals surface area contributed by atoms with E-state index < -0.39 is 135 Å². The summed E-state index contributed by atoms with van der Waals surface area (Å²) >= 11 is 0. The molecule has 3 aliphatic heterocycles. The zero-order chi connectivity index (χ0) is 69.5. The van der Waals surface area contributed by atoms with Gasteiger partial charge in [0.25, 0.3) is 0 Å². The number of rotatable bonds is 54. The highest BCUT2D eigenvalue weighted by Gasteiger charge is 2.47. The molecule has 94 heavy (non-hydrogen) atoms. The first-order valence-corrected chi connectivity index (χ1v) is 33.9. The van der Waals surface area contributed by atoms with Crippen LogP contribution in [0.3, 0.4) is 0 Å². The predicted octanol–water partition coefficient (Wildman–Crippen LogP) is -9.37. The Morgan fingerprint density at radius 1 is 0.319 bits per heavy atom. The number of aliphatic hydroxyl groups excluding tert-OH is 9. The molecule has 43 nitrogen and oxygen atoms in total. The Morgan fingerprint density at radius 3 is 0.798 bits per heavy atom. The Labute approximate surface area is 538 Å². The molecule has 0 saturated carbocycles. The first kappa shape index (κ1) is 86.0. The lowest BCUT2D eigenvalue weighted by molar-refractivity contribution is -0.301. The third-order valence-corrected chi connectivity index (χ3v) is 14.3. The largest absolute Gasteiger partial charge is 0.469 e. The smallest absolute Gasteiger partial charge is 0.387 e. The minimum atomic E-state index is -4.91. The SMILES string of the molecule is O=C(CCOCN(COCCC(=O)NCCOCCOCCOC1OC(COP(=O)(O)O)C(O)C(O)C1O)COCCC(=O)NCCOCCOCCOC1OC(COP(=O)(O)O)C(O)C(O)C1O)NCCOCCOCCOC1OC(COP(=O)(O)O)C(O)C(O)C1O. The van der Waals surface area contributed by atoms with Gasteiger partial charge in [-0.3, -0.25) is 28.0 Å². The molecular formula is C48H93N4O39P3. The van der Waals surface area contributed by atoms with E-state index in [1.165, 1.54) is 0 Å². The van der Waals surface area contributed by atoms with Gasteiger partial charge in [-0.1, -0.05) is 0 Å². The number of nitrogens with zero attached hydrogens (tertiary/aromatic N) is 1. The predicted molar refractivity (Wildman–Crippen MR) is 304 cm³/mol. The van der Waals surface area contributed by atoms with Crippen molar-refractivity contribution in [1.82, 2.24) is 20.9 Å². The number of ether oxygens (including phenoxy) is 15. The number of phosphoric ester groups is 3. The topological polar surface area (TPSA) is 611 Å². The average molecular weight is 1440 g/mol. The molecule has 3 amide bonds. The zero-order valence-electron chi connectivity index (χ0n) is 51.2. The normalized spacial score (nSPS) is 27.0. The summed E-state index contributed by atoms with van der Waals surface area (Å²) in [6.07, 6.45) is -24.2. The number of hydrogen-bond donors (Lipinski definition) is 18. The van der Waals surface area contributed by atoms with Crippen LogP contribution >= 0.6 is 23.5 Å². The highest BCUT2D eigenvalue weighted by Crippen LogP contribution is 2.39. The van der Waals surface area contributed by atoms with E-state index in [0.29, 0.717) is 0 Å². The fraction of sp³-hybridized carbons (Fsp3) is 0.938. The maximum atomic E-state index is 12.5. The molecule has 3 fully saturated rings. The van der Waals surface area contributed by atoms with Crippen molar-refractivity contribution >= 4 is 41.2 Å². The van der Waals surface area contributed by atoms with E-state index in [1.807, 2.05) is 0 Å². The number of carbonyl (C=O) groups excluding carboxylic acids is 3. The minimum absolute atomic E-state index is 0.0157. The van der Waals surface area contributed by atoms with Crippen LogP contribution in [0, 0.1) is 0 Å². The summed E-state index contributed by atoms with van der Waals surface area (Å²) in [5.74, 6) is -1.06. The number of amides is 3. The van der Waals surface area contributed by atoms with Gasteiger partial charge in [-0.05, 0) is 0 Å². The second kappa shape index (κ2) is 47.7. The minimum Gasteiger partial charge on any atom is -0.387 e. The summed E-state index contributed by atoms with van der Waals surface area (Å²) in [7, 11) is -14.7. The van der Waals surface area contributed by atoms with Crippen LogP contribution in [0.4, 0.5) is 0 Å². The van der Waals surface area contributed by atoms with Crippen LogP contribution < -0.4 is 16.0 Å². The molecule has 3 aliphatic rings. The molecule has 15 atom stereocenters. The Balaban J connectivity index is 1.28. The fourth-order valence-corrected chi connectivity index (χ4v) is 8.99. The van der Waals surface area contributed by atoms with Gasteiger partial charge in [-0.2, -0.15) is 0 Å². The fourth-order valence-electron chi connectivity index (χ4n) is 7.96. The van der Waals surface area contributed by atoms with Crippen LogP contribution in [0.15, 0.2) is 0 Å². The molecule has 0 aromatic carbocycles. The zero-order valence-corrected chi connectivity index (χ0v) is 53.9. The molecular weight excluding hydrogens is 1350 g/mol. The lowest BCUT2D eigenvalue weighted by atomic mass is 9.99. The van der Waals surface area contributed by atoms with Gasteiger partial charge in [0, 0.05) is 19.6 Å². The van der Waals surface area contributed by atoms with Gasteiger partial charge in [0.1, 0.15) is 93.4 Å². The Morgan fingerprint density at radius 2 is 0.553 bits per heavy atom. The van der Waals surface area contributed by atoms with Crippen molar-refractivity contribution in [1.29, 1.82) is 0 Å². The maximum absolute atomic E-state index is 12.5. The standard InChI is InChI=1S/C48H93N4O39P3/c53-34(49-4-10-74-13-16-77-19-22-83-46-43(62)40(59)37(56)31(89-46)25-86-92(65,66)67)1-7-80-28-52(29-81-8-2-35(54)50-5-11-75-14-17-78-20-23-84-47-44(63)41(60)38(57)32(90-47)26-87-93(68,69)70)30-82-9-3-36(55)51-6-12-76-15-18-79-21-24-85-48-45(64)42(61)39(58)33(91-48)27-88-94(71,72)73/h31-33,37-48,56-64H,1-30H2,(H,49,53)(H,50,54)(H,51,55)(H2,65,66,67)(H2,68,69,70)(H2,71,72,73). The molecule has 0 aromatic rings. The third-order valence-electron chi connectivity index (χ3n) is 12.8. The van der Waals surface area contributed by atoms with Crippen LogP contribution in [0.5, 0.6) is 0 Å². The molecule has 554 valence electrons. The maximum Gasteiger partial charge on any atom is 0.469 e. The van der Waals surface area contributed by atoms with Crippen LogP contribution in [-0.4, -0.2) is 369 Å². The Bertz CT molecular complexity index is 1960. The number of carbonyl (C=O) groups is 3. The summed E-state index contributed by atoms with van der Waals surface area (Å²) < 4.78 is 127. The molecule has 3 rings (SSSR count). The Kier molecular flexibility index (Phi) is 43.6. The molecule has 0 aliphatic carbocycles. The van der Waals surface area contributed by atoms with Crippen molar-refractivity contribution in [3.8, 4) is 0 Å². The number of aliphatic hydroxyl groups is 9. The average Bonchev–Trinajstić information content (AvgIpc) is 0.848. The molecule has 0 aromatic heterocycles. The first-order chi connectivity index (χ1) is 44.6. The molecule has 3 heterocycles. The first-order valence-electron chi connectivity index (χ1n) is 29.3. The highest BCUT2D eigenvalue weighted by atomic mass is 31.2. The number of phosphoric acid groups is 3. The van der Waals surface area contributed by atoms with Gasteiger partial charge in [0.2, 0.25) is 17.7 Å². The van der Waals surface area contributed by atoms with Crippen LogP contribution in [0.1, 0.15) is 19.3 Å². The summed E-state index contributed by atoms with van der Waals surface area (Å²) in [6.45, 7) is -1.65. The molecule has 0 spiro atoms. The van der Waals surface area contributed by atoms with Gasteiger partial charge < -0.3 is 162 Å². The molecule has 0 bridgehead atoms. The lowest BCUT2D eigenvalue weighted by Crippen LogP contribution is -2.59. The molecule has 46 heteroatoms. The van der Waals surface area contributed by atoms with Crippen molar-refractivity contribution in [3.63, 3.8) is 0 Å². The highest BCUT2D eigenvalue weighted by molar-refractivity contribution is 7.46. The summed E-state index contributed by atoms with van der Waals surface area (Å²) in [5.41, 5.74) is 0. The lowest BCUT2D eigenvalue weighted by Gasteiger charge is -2.40. The van der Waals surface area contributed by atoms with Crippen LogP contribution in [0.2, 0.25) is 0 Å². The quantitative estimate of drug-likeness (QED) is 0.0153. The van der Waals surface area contributed by atoms with Crippen molar-refractivity contribution in [3.05, 3.63) is 0 Å². The van der Waals surface area contributed by atoms with Crippen molar-refractivity contribution < 1.29 is 188 Å². The number of nitrogens with one attached hydrogen (secondary N) is 3. The van der Waals surface area contributed by atoms with Gasteiger partial charge in [-0.25, -0.2) is 18.6 Å². The van der Waals surface area contributed by atoms with Crippen molar-refractivity contribution in [2.75, 3.05) is 179 Å². The molecule has 3 saturated heterocycles. The molecule has 18 N–H and O–H groups in total. The number of hydrogen-bond acceptors (Lipinski definition) is 34. The van der Waals surface area contributed by atoms with Crippen molar-refractivity contribution in [2.24, 2.45) is 0 Å². The van der Waals surface area contributed by atoms with Gasteiger partial charge >= 0.3 is 23.5 Å². The van der Waals surface area contributed by atoms with E-state index in [2.05, 4.69) is 29.5 Å². The Hall–Kier alpha value is -2.26. The van der Waals surface area contributed by atoms with E-state index in [9.17, 15) is 74.0 Å². The summed E-state index contributed by atoms with van der Waals surface area (Å²) in [4.78, 5) is 92.4. The van der Waals surface area contributed by atoms with Crippen LogP contribution in [-0.2, 0) is 113 Å². The van der Waals surface area contributed by atoms with E-state index >= 15 is 0 Å². The van der Waals surface area contributed by atoms with Crippen LogP contribution in [0.25, 0.3) is 0 Å². The second-order valence-electron chi connectivity index (χ2n) is 20.3. The van der Waals surface area contributed by atoms with Gasteiger partial charge in [-0.15, -0.1) is 0 Å². The van der Waals surface area contributed by atoms with E-state index in [0.717, 1.165) is 0 Å².